The highest BCUT2D eigenvalue weighted by Crippen LogP contribution is 2.23. The predicted octanol–water partition coefficient (Wildman–Crippen LogP) is 2.43. The number of hydrogen-bond acceptors (Lipinski definition) is 5. The maximum Gasteiger partial charge on any atom is 0.321 e. The molecule has 1 fully saturated rings. The van der Waals surface area contributed by atoms with Gasteiger partial charge in [-0.2, -0.15) is 0 Å². The van der Waals surface area contributed by atoms with E-state index in [4.69, 9.17) is 4.42 Å². The molecule has 116 valence electrons. The van der Waals surface area contributed by atoms with E-state index < -0.39 is 0 Å². The molecule has 0 saturated carbocycles. The summed E-state index contributed by atoms with van der Waals surface area (Å²) in [4.78, 5) is 15.6. The molecule has 2 amide bonds. The maximum atomic E-state index is 12.0. The van der Waals surface area contributed by atoms with Gasteiger partial charge in [0, 0.05) is 38.4 Å². The van der Waals surface area contributed by atoms with Crippen molar-refractivity contribution in [2.24, 2.45) is 0 Å². The van der Waals surface area contributed by atoms with Gasteiger partial charge >= 0.3 is 12.0 Å². The summed E-state index contributed by atoms with van der Waals surface area (Å²) >= 11 is 0. The molecule has 1 aromatic heterocycles. The molecule has 0 bridgehead atoms. The molecule has 1 aliphatic rings. The zero-order chi connectivity index (χ0) is 15.5. The van der Waals surface area contributed by atoms with E-state index >= 15 is 0 Å². The number of anilines is 2. The Morgan fingerprint density at radius 2 is 1.86 bits per heavy atom. The molecule has 1 saturated heterocycles. The standard InChI is InChI=1S/C15H19N5O2/c1-19(2)15-18-17-13(22-15)11-5-7-12(8-6-11)16-14(21)20-9-3-4-10-20/h5-8H,3-4,9-10H2,1-2H3,(H,16,21). The van der Waals surface area contributed by atoms with Crippen LogP contribution in [0.1, 0.15) is 12.8 Å². The molecule has 3 rings (SSSR count). The molecule has 2 heterocycles. The predicted molar refractivity (Wildman–Crippen MR) is 83.9 cm³/mol. The van der Waals surface area contributed by atoms with Crippen LogP contribution >= 0.6 is 0 Å². The van der Waals surface area contributed by atoms with E-state index in [2.05, 4.69) is 15.5 Å². The molecule has 7 nitrogen and oxygen atoms in total. The minimum absolute atomic E-state index is 0.0436. The molecule has 1 aliphatic heterocycles. The van der Waals surface area contributed by atoms with Crippen molar-refractivity contribution in [2.45, 2.75) is 12.8 Å². The van der Waals surface area contributed by atoms with Gasteiger partial charge in [0.25, 0.3) is 0 Å². The number of urea groups is 1. The summed E-state index contributed by atoms with van der Waals surface area (Å²) in [5.41, 5.74) is 1.58. The van der Waals surface area contributed by atoms with Crippen LogP contribution in [0.2, 0.25) is 0 Å². The summed E-state index contributed by atoms with van der Waals surface area (Å²) in [6, 6.07) is 7.80. The first-order chi connectivity index (χ1) is 10.6. The highest BCUT2D eigenvalue weighted by Gasteiger charge is 2.17. The van der Waals surface area contributed by atoms with Crippen LogP contribution in [0.3, 0.4) is 0 Å². The monoisotopic (exact) mass is 301 g/mol. The van der Waals surface area contributed by atoms with Crippen LogP contribution in [-0.2, 0) is 0 Å². The van der Waals surface area contributed by atoms with Gasteiger partial charge in [-0.3, -0.25) is 0 Å². The third-order valence-corrected chi connectivity index (χ3v) is 3.57. The van der Waals surface area contributed by atoms with Crippen LogP contribution in [0.5, 0.6) is 0 Å². The van der Waals surface area contributed by atoms with Gasteiger partial charge in [-0.15, -0.1) is 5.10 Å². The molecule has 0 spiro atoms. The van der Waals surface area contributed by atoms with Gasteiger partial charge in [0.1, 0.15) is 0 Å². The quantitative estimate of drug-likeness (QED) is 0.942. The van der Waals surface area contributed by atoms with Crippen molar-refractivity contribution in [3.05, 3.63) is 24.3 Å². The smallest absolute Gasteiger partial charge is 0.321 e. The van der Waals surface area contributed by atoms with Crippen molar-refractivity contribution in [3.8, 4) is 11.5 Å². The summed E-state index contributed by atoms with van der Waals surface area (Å²) in [5.74, 6) is 0.459. The van der Waals surface area contributed by atoms with Gasteiger partial charge in [-0.25, -0.2) is 4.79 Å². The second-order valence-electron chi connectivity index (χ2n) is 5.49. The first kappa shape index (κ1) is 14.4. The van der Waals surface area contributed by atoms with Crippen molar-refractivity contribution in [1.29, 1.82) is 0 Å². The highest BCUT2D eigenvalue weighted by atomic mass is 16.4. The van der Waals surface area contributed by atoms with E-state index in [0.717, 1.165) is 37.2 Å². The van der Waals surface area contributed by atoms with Crippen LogP contribution in [-0.4, -0.2) is 48.3 Å². The van der Waals surface area contributed by atoms with E-state index in [9.17, 15) is 4.79 Å². The minimum Gasteiger partial charge on any atom is -0.403 e. The summed E-state index contributed by atoms with van der Waals surface area (Å²) in [7, 11) is 3.68. The van der Waals surface area contributed by atoms with Gasteiger partial charge in [0.15, 0.2) is 0 Å². The second-order valence-corrected chi connectivity index (χ2v) is 5.49. The Balaban J connectivity index is 1.67. The van der Waals surface area contributed by atoms with E-state index in [1.54, 1.807) is 4.90 Å². The van der Waals surface area contributed by atoms with Gasteiger partial charge in [0.2, 0.25) is 5.89 Å². The molecule has 1 N–H and O–H groups in total. The van der Waals surface area contributed by atoms with Crippen LogP contribution in [0.25, 0.3) is 11.5 Å². The molecule has 0 unspecified atom stereocenters. The van der Waals surface area contributed by atoms with Crippen LogP contribution in [0.4, 0.5) is 16.5 Å². The lowest BCUT2D eigenvalue weighted by atomic mass is 10.2. The Kier molecular flexibility index (Phi) is 3.95. The number of amides is 2. The number of carbonyl (C=O) groups excluding carboxylic acids is 1. The number of rotatable bonds is 3. The van der Waals surface area contributed by atoms with E-state index in [1.165, 1.54) is 0 Å². The maximum absolute atomic E-state index is 12.0. The second kappa shape index (κ2) is 6.05. The Morgan fingerprint density at radius 3 is 2.45 bits per heavy atom. The fraction of sp³-hybridized carbons (Fsp3) is 0.400. The lowest BCUT2D eigenvalue weighted by molar-refractivity contribution is 0.222. The molecule has 0 aliphatic carbocycles. The number of likely N-dealkylation sites (tertiary alicyclic amines) is 1. The molecule has 22 heavy (non-hydrogen) atoms. The average Bonchev–Trinajstić information content (AvgIpc) is 3.20. The summed E-state index contributed by atoms with van der Waals surface area (Å²) in [6.45, 7) is 1.67. The fourth-order valence-corrected chi connectivity index (χ4v) is 2.33. The highest BCUT2D eigenvalue weighted by molar-refractivity contribution is 5.89. The summed E-state index contributed by atoms with van der Waals surface area (Å²) in [5, 5.41) is 10.9. The Labute approximate surface area is 128 Å². The molecule has 0 atom stereocenters. The third-order valence-electron chi connectivity index (χ3n) is 3.57. The van der Waals surface area contributed by atoms with Gasteiger partial charge in [-0.05, 0) is 37.1 Å². The Bertz CT molecular complexity index is 644. The Hall–Kier alpha value is -2.57. The number of carbonyl (C=O) groups is 1. The normalized spacial score (nSPS) is 14.2. The number of nitrogens with zero attached hydrogens (tertiary/aromatic N) is 4. The molecule has 2 aromatic rings. The van der Waals surface area contributed by atoms with Gasteiger partial charge < -0.3 is 19.5 Å². The van der Waals surface area contributed by atoms with E-state index in [1.807, 2.05) is 43.3 Å². The molecular weight excluding hydrogens is 282 g/mol. The largest absolute Gasteiger partial charge is 0.403 e. The minimum atomic E-state index is -0.0436. The van der Waals surface area contributed by atoms with Crippen molar-refractivity contribution < 1.29 is 9.21 Å². The first-order valence-corrected chi connectivity index (χ1v) is 7.31. The first-order valence-electron chi connectivity index (χ1n) is 7.31. The van der Waals surface area contributed by atoms with Crippen molar-refractivity contribution in [2.75, 3.05) is 37.4 Å². The SMILES string of the molecule is CN(C)c1nnc(-c2ccc(NC(=O)N3CCCC3)cc2)o1. The average molecular weight is 301 g/mol. The lowest BCUT2D eigenvalue weighted by Crippen LogP contribution is -2.32. The van der Waals surface area contributed by atoms with Crippen LogP contribution in [0, 0.1) is 0 Å². The lowest BCUT2D eigenvalue weighted by Gasteiger charge is -2.16. The topological polar surface area (TPSA) is 74.5 Å². The number of aromatic nitrogens is 2. The van der Waals surface area contributed by atoms with Crippen LogP contribution in [0.15, 0.2) is 28.7 Å². The van der Waals surface area contributed by atoms with Crippen LogP contribution < -0.4 is 10.2 Å². The summed E-state index contributed by atoms with van der Waals surface area (Å²) in [6.07, 6.45) is 2.16. The zero-order valence-corrected chi connectivity index (χ0v) is 12.7. The van der Waals surface area contributed by atoms with Crippen molar-refractivity contribution >= 4 is 17.7 Å². The Morgan fingerprint density at radius 1 is 1.18 bits per heavy atom. The summed E-state index contributed by atoms with van der Waals surface area (Å²) < 4.78 is 5.54. The molecule has 7 heteroatoms. The zero-order valence-electron chi connectivity index (χ0n) is 12.7. The number of benzene rings is 1. The van der Waals surface area contributed by atoms with Crippen molar-refractivity contribution in [3.63, 3.8) is 0 Å². The van der Waals surface area contributed by atoms with Gasteiger partial charge in [-0.1, -0.05) is 5.10 Å². The number of nitrogens with one attached hydrogen (secondary N) is 1. The van der Waals surface area contributed by atoms with E-state index in [0.29, 0.717) is 11.9 Å². The molecule has 1 aromatic carbocycles. The molecule has 0 radical (unpaired) electrons. The molecular formula is C15H19N5O2. The third kappa shape index (κ3) is 3.03. The van der Waals surface area contributed by atoms with E-state index in [-0.39, 0.29) is 6.03 Å². The van der Waals surface area contributed by atoms with Crippen molar-refractivity contribution in [1.82, 2.24) is 15.1 Å². The fourth-order valence-electron chi connectivity index (χ4n) is 2.33. The van der Waals surface area contributed by atoms with Gasteiger partial charge in [0.05, 0.1) is 0 Å². The number of hydrogen-bond donors (Lipinski definition) is 1.